The van der Waals surface area contributed by atoms with Crippen LogP contribution < -0.4 is 5.32 Å². The second kappa shape index (κ2) is 6.53. The van der Waals surface area contributed by atoms with Crippen LogP contribution in [0.4, 0.5) is 0 Å². The first-order chi connectivity index (χ1) is 9.04. The van der Waals surface area contributed by atoms with Gasteiger partial charge in [-0.3, -0.25) is 4.90 Å². The number of oxazole rings is 1. The molecule has 2 rings (SSSR count). The molecule has 1 fully saturated rings. The van der Waals surface area contributed by atoms with Gasteiger partial charge in [0.15, 0.2) is 0 Å². The van der Waals surface area contributed by atoms with Gasteiger partial charge in [-0.25, -0.2) is 4.98 Å². The molecule has 1 aliphatic heterocycles. The van der Waals surface area contributed by atoms with E-state index < -0.39 is 0 Å². The molecule has 0 amide bonds. The summed E-state index contributed by atoms with van der Waals surface area (Å²) in [5.74, 6) is 2.55. The molecule has 0 saturated carbocycles. The van der Waals surface area contributed by atoms with E-state index in [1.54, 1.807) is 0 Å². The van der Waals surface area contributed by atoms with Gasteiger partial charge in [0.25, 0.3) is 0 Å². The lowest BCUT2D eigenvalue weighted by atomic mass is 10.0. The predicted molar refractivity (Wildman–Crippen MR) is 77.1 cm³/mol. The minimum absolute atomic E-state index is 0.597. The molecule has 108 valence electrons. The average molecular weight is 265 g/mol. The van der Waals surface area contributed by atoms with Crippen molar-refractivity contribution in [3.8, 4) is 0 Å². The molecule has 1 unspecified atom stereocenters. The van der Waals surface area contributed by atoms with Crippen molar-refractivity contribution in [1.82, 2.24) is 15.2 Å². The highest BCUT2D eigenvalue weighted by Gasteiger charge is 2.20. The van der Waals surface area contributed by atoms with Crippen LogP contribution in [-0.4, -0.2) is 35.6 Å². The molecule has 1 aliphatic rings. The fraction of sp³-hybridized carbons (Fsp3) is 0.800. The molecule has 0 radical (unpaired) electrons. The molecule has 4 heteroatoms. The van der Waals surface area contributed by atoms with E-state index in [4.69, 9.17) is 4.42 Å². The molecule has 0 spiro atoms. The summed E-state index contributed by atoms with van der Waals surface area (Å²) in [6.07, 6.45) is 2.44. The molecular weight excluding hydrogens is 238 g/mol. The zero-order valence-electron chi connectivity index (χ0n) is 12.7. The van der Waals surface area contributed by atoms with Gasteiger partial charge in [-0.05, 0) is 45.7 Å². The van der Waals surface area contributed by atoms with E-state index in [0.717, 1.165) is 49.4 Å². The summed E-state index contributed by atoms with van der Waals surface area (Å²) in [5.41, 5.74) is 1.02. The number of aromatic nitrogens is 1. The van der Waals surface area contributed by atoms with Crippen LogP contribution >= 0.6 is 0 Å². The van der Waals surface area contributed by atoms with Crippen LogP contribution in [0.3, 0.4) is 0 Å². The third kappa shape index (κ3) is 4.32. The van der Waals surface area contributed by atoms with E-state index in [2.05, 4.69) is 29.0 Å². The largest absolute Gasteiger partial charge is 0.444 e. The van der Waals surface area contributed by atoms with Gasteiger partial charge in [-0.15, -0.1) is 0 Å². The second-order valence-corrected chi connectivity index (χ2v) is 6.12. The van der Waals surface area contributed by atoms with Crippen molar-refractivity contribution in [3.05, 3.63) is 17.3 Å². The minimum Gasteiger partial charge on any atom is -0.444 e. The van der Waals surface area contributed by atoms with Crippen molar-refractivity contribution in [3.63, 3.8) is 0 Å². The zero-order chi connectivity index (χ0) is 13.8. The highest BCUT2D eigenvalue weighted by Crippen LogP contribution is 2.14. The highest BCUT2D eigenvalue weighted by atomic mass is 16.4. The van der Waals surface area contributed by atoms with Crippen molar-refractivity contribution in [1.29, 1.82) is 0 Å². The van der Waals surface area contributed by atoms with Gasteiger partial charge in [0.2, 0.25) is 5.89 Å². The Balaban J connectivity index is 1.94. The number of nitrogens with one attached hydrogen (secondary N) is 1. The molecule has 1 aromatic heterocycles. The number of aryl methyl sites for hydroxylation is 2. The Morgan fingerprint density at radius 3 is 2.84 bits per heavy atom. The molecule has 1 aromatic rings. The number of nitrogens with zero attached hydrogens (tertiary/aromatic N) is 2. The summed E-state index contributed by atoms with van der Waals surface area (Å²) in [7, 11) is 0. The Bertz CT molecular complexity index is 381. The van der Waals surface area contributed by atoms with Gasteiger partial charge >= 0.3 is 0 Å². The molecule has 0 aromatic carbocycles. The SMILES string of the molecule is Cc1nc(CN2CCCNC(CC(C)C)C2)oc1C. The van der Waals surface area contributed by atoms with E-state index in [1.165, 1.54) is 12.8 Å². The molecule has 19 heavy (non-hydrogen) atoms. The fourth-order valence-electron chi connectivity index (χ4n) is 2.74. The monoisotopic (exact) mass is 265 g/mol. The standard InChI is InChI=1S/C15H27N3O/c1-11(2)8-14-9-18(7-5-6-16-14)10-15-17-12(3)13(4)19-15/h11,14,16H,5-10H2,1-4H3. The Morgan fingerprint density at radius 1 is 1.42 bits per heavy atom. The van der Waals surface area contributed by atoms with E-state index in [9.17, 15) is 0 Å². The van der Waals surface area contributed by atoms with Gasteiger partial charge in [-0.1, -0.05) is 13.8 Å². The summed E-state index contributed by atoms with van der Waals surface area (Å²) in [4.78, 5) is 6.96. The first-order valence-corrected chi connectivity index (χ1v) is 7.43. The van der Waals surface area contributed by atoms with E-state index in [0.29, 0.717) is 6.04 Å². The summed E-state index contributed by atoms with van der Waals surface area (Å²) in [6.45, 7) is 12.8. The van der Waals surface area contributed by atoms with Crippen LogP contribution in [0.15, 0.2) is 4.42 Å². The number of rotatable bonds is 4. The fourth-order valence-corrected chi connectivity index (χ4v) is 2.74. The summed E-state index contributed by atoms with van der Waals surface area (Å²) in [5, 5.41) is 3.65. The van der Waals surface area contributed by atoms with Gasteiger partial charge in [0.1, 0.15) is 5.76 Å². The van der Waals surface area contributed by atoms with Crippen LogP contribution in [0, 0.1) is 19.8 Å². The lowest BCUT2D eigenvalue weighted by Crippen LogP contribution is -2.38. The molecule has 1 atom stereocenters. The third-order valence-corrected chi connectivity index (χ3v) is 3.75. The average Bonchev–Trinajstić information content (AvgIpc) is 2.50. The van der Waals surface area contributed by atoms with Crippen molar-refractivity contribution in [2.45, 2.75) is 53.1 Å². The molecule has 4 nitrogen and oxygen atoms in total. The first kappa shape index (κ1) is 14.5. The topological polar surface area (TPSA) is 41.3 Å². The molecule has 1 saturated heterocycles. The van der Waals surface area contributed by atoms with Crippen LogP contribution in [0.1, 0.15) is 44.0 Å². The van der Waals surface area contributed by atoms with Crippen LogP contribution in [0.2, 0.25) is 0 Å². The Labute approximate surface area is 116 Å². The molecule has 0 bridgehead atoms. The number of hydrogen-bond acceptors (Lipinski definition) is 4. The van der Waals surface area contributed by atoms with Crippen LogP contribution in [0.5, 0.6) is 0 Å². The summed E-state index contributed by atoms with van der Waals surface area (Å²) < 4.78 is 5.70. The van der Waals surface area contributed by atoms with E-state index in [1.807, 2.05) is 13.8 Å². The van der Waals surface area contributed by atoms with Crippen molar-refractivity contribution in [2.24, 2.45) is 5.92 Å². The highest BCUT2D eigenvalue weighted by molar-refractivity contribution is 5.05. The maximum absolute atomic E-state index is 5.70. The van der Waals surface area contributed by atoms with E-state index in [-0.39, 0.29) is 0 Å². The van der Waals surface area contributed by atoms with Gasteiger partial charge in [0.05, 0.1) is 12.2 Å². The predicted octanol–water partition coefficient (Wildman–Crippen LogP) is 2.50. The zero-order valence-corrected chi connectivity index (χ0v) is 12.7. The first-order valence-electron chi connectivity index (χ1n) is 7.43. The minimum atomic E-state index is 0.597. The quantitative estimate of drug-likeness (QED) is 0.908. The Kier molecular flexibility index (Phi) is 4.99. The van der Waals surface area contributed by atoms with Crippen molar-refractivity contribution >= 4 is 0 Å². The van der Waals surface area contributed by atoms with Gasteiger partial charge < -0.3 is 9.73 Å². The van der Waals surface area contributed by atoms with Crippen LogP contribution in [0.25, 0.3) is 0 Å². The molecule has 1 N–H and O–H groups in total. The molecule has 2 heterocycles. The normalized spacial score (nSPS) is 21.8. The number of hydrogen-bond donors (Lipinski definition) is 1. The smallest absolute Gasteiger partial charge is 0.208 e. The van der Waals surface area contributed by atoms with Gasteiger partial charge in [-0.2, -0.15) is 0 Å². The Morgan fingerprint density at radius 2 is 2.21 bits per heavy atom. The summed E-state index contributed by atoms with van der Waals surface area (Å²) in [6, 6.07) is 0.597. The van der Waals surface area contributed by atoms with Crippen molar-refractivity contribution < 1.29 is 4.42 Å². The maximum atomic E-state index is 5.70. The lowest BCUT2D eigenvalue weighted by Gasteiger charge is -2.24. The van der Waals surface area contributed by atoms with Crippen molar-refractivity contribution in [2.75, 3.05) is 19.6 Å². The summed E-state index contributed by atoms with van der Waals surface area (Å²) >= 11 is 0. The maximum Gasteiger partial charge on any atom is 0.208 e. The lowest BCUT2D eigenvalue weighted by molar-refractivity contribution is 0.224. The second-order valence-electron chi connectivity index (χ2n) is 6.12. The van der Waals surface area contributed by atoms with E-state index >= 15 is 0 Å². The van der Waals surface area contributed by atoms with Gasteiger partial charge in [0, 0.05) is 12.6 Å². The Hall–Kier alpha value is -0.870. The third-order valence-electron chi connectivity index (χ3n) is 3.75. The molecule has 0 aliphatic carbocycles. The van der Waals surface area contributed by atoms with Crippen LogP contribution in [-0.2, 0) is 6.54 Å². The molecular formula is C15H27N3O.